The van der Waals surface area contributed by atoms with E-state index >= 15 is 0 Å². The zero-order valence-electron chi connectivity index (χ0n) is 11.2. The molecule has 1 fully saturated rings. The highest BCUT2D eigenvalue weighted by atomic mass is 16.2. The number of unbranched alkanes of at least 4 members (excludes halogenated alkanes) is 2. The Kier molecular flexibility index (Phi) is 5.61. The van der Waals surface area contributed by atoms with E-state index in [9.17, 15) is 9.59 Å². The minimum Gasteiger partial charge on any atom is -0.322 e. The Labute approximate surface area is 108 Å². The number of hydrazone groups is 1. The first-order valence-corrected chi connectivity index (χ1v) is 6.54. The maximum atomic E-state index is 12.2. The maximum absolute atomic E-state index is 12.2. The molecule has 2 N–H and O–H groups in total. The number of hydrogen-bond donors (Lipinski definition) is 1. The lowest BCUT2D eigenvalue weighted by Gasteiger charge is -2.34. The molecule has 0 aliphatic carbocycles. The third kappa shape index (κ3) is 3.21. The molecular weight excluding hydrogens is 232 g/mol. The third-order valence-corrected chi connectivity index (χ3v) is 3.00. The Balaban J connectivity index is 2.79. The number of amides is 3. The van der Waals surface area contributed by atoms with Crippen LogP contribution in [0, 0.1) is 0 Å². The molecule has 6 nitrogen and oxygen atoms in total. The lowest BCUT2D eigenvalue weighted by molar-refractivity contribution is -0.128. The molecule has 6 heteroatoms. The summed E-state index contributed by atoms with van der Waals surface area (Å²) in [7, 11) is 0. The number of carbonyl (C=O) groups excluding carboxylic acids is 2. The number of imide groups is 1. The van der Waals surface area contributed by atoms with Crippen LogP contribution in [0.15, 0.2) is 5.10 Å². The molecule has 0 aromatic rings. The van der Waals surface area contributed by atoms with Crippen LogP contribution in [-0.4, -0.2) is 40.7 Å². The van der Waals surface area contributed by atoms with Crippen molar-refractivity contribution in [3.05, 3.63) is 0 Å². The van der Waals surface area contributed by atoms with Crippen LogP contribution >= 0.6 is 0 Å². The maximum Gasteiger partial charge on any atom is 0.332 e. The van der Waals surface area contributed by atoms with E-state index in [0.29, 0.717) is 18.9 Å². The van der Waals surface area contributed by atoms with E-state index in [1.807, 2.05) is 13.8 Å². The van der Waals surface area contributed by atoms with Gasteiger partial charge in [0.1, 0.15) is 5.84 Å². The fourth-order valence-electron chi connectivity index (χ4n) is 1.88. The summed E-state index contributed by atoms with van der Waals surface area (Å²) in [4.78, 5) is 26.9. The van der Waals surface area contributed by atoms with Crippen molar-refractivity contribution in [3.63, 3.8) is 0 Å². The summed E-state index contributed by atoms with van der Waals surface area (Å²) in [5, 5.41) is 3.57. The van der Waals surface area contributed by atoms with Gasteiger partial charge in [0.2, 0.25) is 5.91 Å². The van der Waals surface area contributed by atoms with Crippen molar-refractivity contribution in [1.82, 2.24) is 9.80 Å². The molecule has 1 heterocycles. The van der Waals surface area contributed by atoms with Crippen molar-refractivity contribution in [2.75, 3.05) is 13.1 Å². The van der Waals surface area contributed by atoms with Gasteiger partial charge in [-0.2, -0.15) is 5.10 Å². The van der Waals surface area contributed by atoms with Gasteiger partial charge in [0, 0.05) is 13.1 Å². The van der Waals surface area contributed by atoms with Crippen molar-refractivity contribution in [2.24, 2.45) is 10.9 Å². The molecule has 18 heavy (non-hydrogen) atoms. The van der Waals surface area contributed by atoms with Crippen molar-refractivity contribution in [1.29, 1.82) is 0 Å². The van der Waals surface area contributed by atoms with Gasteiger partial charge < -0.3 is 5.84 Å². The van der Waals surface area contributed by atoms with Crippen LogP contribution in [0.3, 0.4) is 0 Å². The summed E-state index contributed by atoms with van der Waals surface area (Å²) in [6.07, 6.45) is 3.75. The minimum absolute atomic E-state index is 0.121. The summed E-state index contributed by atoms with van der Waals surface area (Å²) in [6, 6.07) is -0.280. The van der Waals surface area contributed by atoms with Gasteiger partial charge in [-0.15, -0.1) is 0 Å². The molecule has 0 radical (unpaired) electrons. The zero-order chi connectivity index (χ0) is 13.5. The molecule has 1 aliphatic heterocycles. The standard InChI is InChI=1S/C12H22N4O2/c1-3-5-7-15-10(14-13)9-11(17)16(12(15)18)8-6-4-2/h3-9,13H2,1-2H3. The highest BCUT2D eigenvalue weighted by molar-refractivity contribution is 6.15. The van der Waals surface area contributed by atoms with Gasteiger partial charge in [-0.05, 0) is 12.8 Å². The quantitative estimate of drug-likeness (QED) is 0.576. The van der Waals surface area contributed by atoms with Crippen LogP contribution in [0.5, 0.6) is 0 Å². The fourth-order valence-corrected chi connectivity index (χ4v) is 1.88. The van der Waals surface area contributed by atoms with Gasteiger partial charge in [-0.25, -0.2) is 4.79 Å². The SMILES string of the molecule is CCCCN1C(=O)CC(=NN)N(CCCC)C1=O. The summed E-state index contributed by atoms with van der Waals surface area (Å²) >= 11 is 0. The third-order valence-electron chi connectivity index (χ3n) is 3.00. The number of urea groups is 1. The molecule has 0 aromatic carbocycles. The van der Waals surface area contributed by atoms with Gasteiger partial charge in [-0.1, -0.05) is 26.7 Å². The number of hydrogen-bond acceptors (Lipinski definition) is 4. The molecule has 1 rings (SSSR count). The number of amidine groups is 1. The first-order valence-electron chi connectivity index (χ1n) is 6.54. The van der Waals surface area contributed by atoms with Crippen LogP contribution in [0.25, 0.3) is 0 Å². The van der Waals surface area contributed by atoms with Crippen LogP contribution in [0.4, 0.5) is 4.79 Å². The Morgan fingerprint density at radius 1 is 1.11 bits per heavy atom. The second kappa shape index (κ2) is 6.98. The highest BCUT2D eigenvalue weighted by Crippen LogP contribution is 2.15. The number of nitrogens with zero attached hydrogens (tertiary/aromatic N) is 3. The molecule has 0 unspecified atom stereocenters. The van der Waals surface area contributed by atoms with E-state index < -0.39 is 0 Å². The highest BCUT2D eigenvalue weighted by Gasteiger charge is 2.35. The number of nitrogens with two attached hydrogens (primary N) is 1. The molecule has 102 valence electrons. The van der Waals surface area contributed by atoms with Crippen molar-refractivity contribution in [2.45, 2.75) is 46.0 Å². The molecule has 1 aliphatic rings. The normalized spacial score (nSPS) is 18.9. The molecule has 0 spiro atoms. The Bertz CT molecular complexity index is 341. The summed E-state index contributed by atoms with van der Waals surface area (Å²) in [5.41, 5.74) is 0. The Hall–Kier alpha value is -1.59. The average Bonchev–Trinajstić information content (AvgIpc) is 2.37. The van der Waals surface area contributed by atoms with Gasteiger partial charge in [-0.3, -0.25) is 14.6 Å². The van der Waals surface area contributed by atoms with Crippen LogP contribution < -0.4 is 5.84 Å². The number of rotatable bonds is 6. The second-order valence-electron chi connectivity index (χ2n) is 4.41. The Morgan fingerprint density at radius 2 is 1.67 bits per heavy atom. The van der Waals surface area contributed by atoms with E-state index in [1.165, 1.54) is 9.80 Å². The Morgan fingerprint density at radius 3 is 2.17 bits per heavy atom. The summed E-state index contributed by atoms with van der Waals surface area (Å²) in [5.74, 6) is 5.44. The van der Waals surface area contributed by atoms with E-state index in [-0.39, 0.29) is 18.4 Å². The lowest BCUT2D eigenvalue weighted by Crippen LogP contribution is -2.55. The van der Waals surface area contributed by atoms with Gasteiger partial charge >= 0.3 is 6.03 Å². The van der Waals surface area contributed by atoms with Gasteiger partial charge in [0.15, 0.2) is 0 Å². The first-order chi connectivity index (χ1) is 8.65. The monoisotopic (exact) mass is 254 g/mol. The predicted molar refractivity (Wildman–Crippen MR) is 69.9 cm³/mol. The zero-order valence-corrected chi connectivity index (χ0v) is 11.2. The first kappa shape index (κ1) is 14.5. The topological polar surface area (TPSA) is 79.0 Å². The van der Waals surface area contributed by atoms with Gasteiger partial charge in [0.05, 0.1) is 6.42 Å². The molecule has 0 aromatic heterocycles. The van der Waals surface area contributed by atoms with Crippen molar-refractivity contribution in [3.8, 4) is 0 Å². The van der Waals surface area contributed by atoms with Crippen molar-refractivity contribution < 1.29 is 9.59 Å². The van der Waals surface area contributed by atoms with E-state index in [2.05, 4.69) is 5.10 Å². The smallest absolute Gasteiger partial charge is 0.322 e. The molecule has 0 atom stereocenters. The van der Waals surface area contributed by atoms with Gasteiger partial charge in [0.25, 0.3) is 0 Å². The van der Waals surface area contributed by atoms with Crippen LogP contribution in [0.1, 0.15) is 46.0 Å². The van der Waals surface area contributed by atoms with Crippen LogP contribution in [-0.2, 0) is 4.79 Å². The second-order valence-corrected chi connectivity index (χ2v) is 4.41. The average molecular weight is 254 g/mol. The van der Waals surface area contributed by atoms with Crippen molar-refractivity contribution >= 4 is 17.8 Å². The molecule has 3 amide bonds. The molecule has 1 saturated heterocycles. The molecule has 0 saturated carbocycles. The number of carbonyl (C=O) groups is 2. The lowest BCUT2D eigenvalue weighted by atomic mass is 10.2. The molecular formula is C12H22N4O2. The predicted octanol–water partition coefficient (Wildman–Crippen LogP) is 1.51. The summed E-state index contributed by atoms with van der Waals surface area (Å²) < 4.78 is 0. The van der Waals surface area contributed by atoms with E-state index in [4.69, 9.17) is 5.84 Å². The van der Waals surface area contributed by atoms with E-state index in [1.54, 1.807) is 0 Å². The van der Waals surface area contributed by atoms with E-state index in [0.717, 1.165) is 25.7 Å². The largest absolute Gasteiger partial charge is 0.332 e. The summed E-state index contributed by atoms with van der Waals surface area (Å²) in [6.45, 7) is 5.13. The van der Waals surface area contributed by atoms with Crippen LogP contribution in [0.2, 0.25) is 0 Å². The minimum atomic E-state index is -0.280. The fraction of sp³-hybridized carbons (Fsp3) is 0.750. The molecule has 0 bridgehead atoms.